The van der Waals surface area contributed by atoms with Gasteiger partial charge in [-0.15, -0.1) is 0 Å². The van der Waals surface area contributed by atoms with E-state index < -0.39 is 17.7 Å². The first-order chi connectivity index (χ1) is 10.1. The molecule has 0 aliphatic heterocycles. The van der Waals surface area contributed by atoms with Crippen LogP contribution in [0.3, 0.4) is 0 Å². The second kappa shape index (κ2) is 5.30. The standard InChI is InChI=1S/C17H15F2NO/c1-10-6-7-14-11(8-10)9-15(21-14)17(20-2)12-4-3-5-13(18)16(12)19/h3-9,17,20H,1-2H3. The molecule has 1 N–H and O–H groups in total. The Hall–Kier alpha value is -2.20. The Kier molecular flexibility index (Phi) is 3.47. The molecule has 2 aromatic carbocycles. The summed E-state index contributed by atoms with van der Waals surface area (Å²) in [5.41, 5.74) is 2.08. The molecule has 1 atom stereocenters. The zero-order valence-electron chi connectivity index (χ0n) is 11.8. The highest BCUT2D eigenvalue weighted by atomic mass is 19.2. The highest BCUT2D eigenvalue weighted by Crippen LogP contribution is 2.30. The van der Waals surface area contributed by atoms with Crippen LogP contribution < -0.4 is 5.32 Å². The van der Waals surface area contributed by atoms with Crippen LogP contribution in [0.15, 0.2) is 46.9 Å². The molecular formula is C17H15F2NO. The SMILES string of the molecule is CNC(c1cc2cc(C)ccc2o1)c1cccc(F)c1F. The van der Waals surface area contributed by atoms with Gasteiger partial charge in [-0.3, -0.25) is 0 Å². The number of hydrogen-bond acceptors (Lipinski definition) is 2. The topological polar surface area (TPSA) is 25.2 Å². The van der Waals surface area contributed by atoms with E-state index in [2.05, 4.69) is 5.32 Å². The molecule has 0 spiro atoms. The molecule has 1 unspecified atom stereocenters. The molecule has 0 fully saturated rings. The maximum Gasteiger partial charge on any atom is 0.164 e. The molecule has 4 heteroatoms. The first kappa shape index (κ1) is 13.8. The van der Waals surface area contributed by atoms with Crippen LogP contribution in [0, 0.1) is 18.6 Å². The van der Waals surface area contributed by atoms with Gasteiger partial charge in [-0.25, -0.2) is 8.78 Å². The van der Waals surface area contributed by atoms with Crippen molar-refractivity contribution in [3.63, 3.8) is 0 Å². The second-order valence-corrected chi connectivity index (χ2v) is 5.05. The lowest BCUT2D eigenvalue weighted by molar-refractivity contribution is 0.454. The molecule has 108 valence electrons. The third-order valence-corrected chi connectivity index (χ3v) is 3.56. The van der Waals surface area contributed by atoms with Crippen molar-refractivity contribution >= 4 is 11.0 Å². The van der Waals surface area contributed by atoms with Crippen LogP contribution in [-0.4, -0.2) is 7.05 Å². The van der Waals surface area contributed by atoms with Crippen LogP contribution in [0.4, 0.5) is 8.78 Å². The van der Waals surface area contributed by atoms with Gasteiger partial charge in [0.15, 0.2) is 11.6 Å². The number of fused-ring (bicyclic) bond motifs is 1. The molecule has 21 heavy (non-hydrogen) atoms. The van der Waals surface area contributed by atoms with Crippen LogP contribution in [-0.2, 0) is 0 Å². The maximum atomic E-state index is 14.0. The lowest BCUT2D eigenvalue weighted by Crippen LogP contribution is -2.18. The minimum Gasteiger partial charge on any atom is -0.459 e. The van der Waals surface area contributed by atoms with E-state index in [0.717, 1.165) is 22.6 Å². The Morgan fingerprint density at radius 1 is 1.10 bits per heavy atom. The fourth-order valence-electron chi connectivity index (χ4n) is 2.52. The van der Waals surface area contributed by atoms with Crippen LogP contribution in [0.5, 0.6) is 0 Å². The van der Waals surface area contributed by atoms with Crippen molar-refractivity contribution in [1.82, 2.24) is 5.32 Å². The number of halogens is 2. The predicted molar refractivity (Wildman–Crippen MR) is 78.2 cm³/mol. The lowest BCUT2D eigenvalue weighted by Gasteiger charge is -2.15. The largest absolute Gasteiger partial charge is 0.459 e. The molecule has 3 rings (SSSR count). The van der Waals surface area contributed by atoms with Gasteiger partial charge in [-0.05, 0) is 38.2 Å². The molecule has 2 nitrogen and oxygen atoms in total. The molecule has 1 aromatic heterocycles. The highest BCUT2D eigenvalue weighted by Gasteiger charge is 2.21. The van der Waals surface area contributed by atoms with Gasteiger partial charge in [0.2, 0.25) is 0 Å². The number of rotatable bonds is 3. The zero-order valence-corrected chi connectivity index (χ0v) is 11.8. The summed E-state index contributed by atoms with van der Waals surface area (Å²) in [4.78, 5) is 0. The average molecular weight is 287 g/mol. The van der Waals surface area contributed by atoms with E-state index in [0.29, 0.717) is 5.76 Å². The van der Waals surface area contributed by atoms with Gasteiger partial charge in [-0.1, -0.05) is 23.8 Å². The molecule has 0 saturated heterocycles. The molecule has 0 aliphatic carbocycles. The molecule has 0 radical (unpaired) electrons. The van der Waals surface area contributed by atoms with Crippen LogP contribution in [0.2, 0.25) is 0 Å². The molecule has 0 amide bonds. The van der Waals surface area contributed by atoms with E-state index >= 15 is 0 Å². The first-order valence-corrected chi connectivity index (χ1v) is 6.71. The van der Waals surface area contributed by atoms with E-state index in [1.807, 2.05) is 31.2 Å². The van der Waals surface area contributed by atoms with E-state index in [9.17, 15) is 8.78 Å². The van der Waals surface area contributed by atoms with Crippen molar-refractivity contribution < 1.29 is 13.2 Å². The fourth-order valence-corrected chi connectivity index (χ4v) is 2.52. The quantitative estimate of drug-likeness (QED) is 0.775. The third kappa shape index (κ3) is 2.43. The average Bonchev–Trinajstić information content (AvgIpc) is 2.87. The minimum absolute atomic E-state index is 0.230. The number of nitrogens with one attached hydrogen (secondary N) is 1. The molecule has 0 aliphatic rings. The molecule has 0 saturated carbocycles. The van der Waals surface area contributed by atoms with Crippen LogP contribution in [0.1, 0.15) is 22.9 Å². The first-order valence-electron chi connectivity index (χ1n) is 6.71. The molecular weight excluding hydrogens is 272 g/mol. The van der Waals surface area contributed by atoms with Gasteiger partial charge in [0, 0.05) is 10.9 Å². The normalized spacial score (nSPS) is 12.8. The van der Waals surface area contributed by atoms with Crippen molar-refractivity contribution in [3.8, 4) is 0 Å². The van der Waals surface area contributed by atoms with Crippen LogP contribution in [0.25, 0.3) is 11.0 Å². The van der Waals surface area contributed by atoms with Gasteiger partial charge in [0.25, 0.3) is 0 Å². The van der Waals surface area contributed by atoms with Gasteiger partial charge in [-0.2, -0.15) is 0 Å². The van der Waals surface area contributed by atoms with Gasteiger partial charge in [0.05, 0.1) is 6.04 Å². The van der Waals surface area contributed by atoms with Crippen molar-refractivity contribution in [2.45, 2.75) is 13.0 Å². The molecule has 1 heterocycles. The predicted octanol–water partition coefficient (Wildman–Crippen LogP) is 4.33. The summed E-state index contributed by atoms with van der Waals surface area (Å²) in [5.74, 6) is -1.16. The van der Waals surface area contributed by atoms with E-state index in [1.165, 1.54) is 6.07 Å². The molecule has 0 bridgehead atoms. The second-order valence-electron chi connectivity index (χ2n) is 5.05. The van der Waals surface area contributed by atoms with Gasteiger partial charge < -0.3 is 9.73 Å². The number of furan rings is 1. The summed E-state index contributed by atoms with van der Waals surface area (Å²) >= 11 is 0. The van der Waals surface area contributed by atoms with E-state index in [-0.39, 0.29) is 5.56 Å². The van der Waals surface area contributed by atoms with Crippen molar-refractivity contribution in [1.29, 1.82) is 0 Å². The Morgan fingerprint density at radius 3 is 2.67 bits per heavy atom. The highest BCUT2D eigenvalue weighted by molar-refractivity contribution is 5.79. The van der Waals surface area contributed by atoms with Crippen molar-refractivity contribution in [3.05, 3.63) is 71.0 Å². The summed E-state index contributed by atoms with van der Waals surface area (Å²) in [7, 11) is 1.69. The maximum absolute atomic E-state index is 14.0. The van der Waals surface area contributed by atoms with Crippen molar-refractivity contribution in [2.75, 3.05) is 7.05 Å². The number of aryl methyl sites for hydroxylation is 1. The lowest BCUT2D eigenvalue weighted by atomic mass is 10.0. The van der Waals surface area contributed by atoms with Gasteiger partial charge in [0.1, 0.15) is 11.3 Å². The van der Waals surface area contributed by atoms with Crippen molar-refractivity contribution in [2.24, 2.45) is 0 Å². The Balaban J connectivity index is 2.11. The summed E-state index contributed by atoms with van der Waals surface area (Å²) < 4.78 is 33.2. The number of hydrogen-bond donors (Lipinski definition) is 1. The zero-order chi connectivity index (χ0) is 15.0. The summed E-state index contributed by atoms with van der Waals surface area (Å²) in [6.07, 6.45) is 0. The fraction of sp³-hybridized carbons (Fsp3) is 0.176. The monoisotopic (exact) mass is 287 g/mol. The van der Waals surface area contributed by atoms with E-state index in [4.69, 9.17) is 4.42 Å². The van der Waals surface area contributed by atoms with Crippen LogP contribution >= 0.6 is 0 Å². The smallest absolute Gasteiger partial charge is 0.164 e. The summed E-state index contributed by atoms with van der Waals surface area (Å²) in [6.45, 7) is 1.99. The molecule has 3 aromatic rings. The summed E-state index contributed by atoms with van der Waals surface area (Å²) in [6, 6.07) is 11.3. The number of benzene rings is 2. The Bertz CT molecular complexity index is 795. The van der Waals surface area contributed by atoms with E-state index in [1.54, 1.807) is 13.1 Å². The minimum atomic E-state index is -0.861. The Morgan fingerprint density at radius 2 is 1.90 bits per heavy atom. The third-order valence-electron chi connectivity index (χ3n) is 3.56. The Labute approximate surface area is 121 Å². The van der Waals surface area contributed by atoms with Gasteiger partial charge >= 0.3 is 0 Å². The summed E-state index contributed by atoms with van der Waals surface area (Å²) in [5, 5.41) is 3.92.